The van der Waals surface area contributed by atoms with Crippen LogP contribution in [0.5, 0.6) is 5.75 Å². The lowest BCUT2D eigenvalue weighted by Crippen LogP contribution is -2.08. The normalized spacial score (nSPS) is 10.1. The first-order chi connectivity index (χ1) is 12.5. The minimum atomic E-state index is -0.723. The summed E-state index contributed by atoms with van der Waals surface area (Å²) in [6.45, 7) is 1.88. The quantitative estimate of drug-likeness (QED) is 0.425. The highest BCUT2D eigenvalue weighted by Gasteiger charge is 2.19. The van der Waals surface area contributed by atoms with Crippen molar-refractivity contribution < 1.29 is 28.7 Å². The Morgan fingerprint density at radius 2 is 1.81 bits per heavy atom. The smallest absolute Gasteiger partial charge is 0.338 e. The maximum atomic E-state index is 12.2. The summed E-state index contributed by atoms with van der Waals surface area (Å²) in [6, 6.07) is 10.3. The Morgan fingerprint density at radius 1 is 1.08 bits per heavy atom. The lowest BCUT2D eigenvalue weighted by Gasteiger charge is -2.08. The molecule has 0 aliphatic heterocycles. The molecule has 8 nitrogen and oxygen atoms in total. The van der Waals surface area contributed by atoms with Gasteiger partial charge in [-0.3, -0.25) is 10.1 Å². The van der Waals surface area contributed by atoms with Gasteiger partial charge in [0.25, 0.3) is 0 Å². The average Bonchev–Trinajstić information content (AvgIpc) is 2.66. The molecule has 2 aromatic carbocycles. The second-order valence-electron chi connectivity index (χ2n) is 5.14. The molecule has 0 saturated heterocycles. The summed E-state index contributed by atoms with van der Waals surface area (Å²) in [4.78, 5) is 34.2. The fraction of sp³-hybridized carbons (Fsp3) is 0.222. The minimum Gasteiger partial charge on any atom is -0.487 e. The minimum absolute atomic E-state index is 0.0317. The molecule has 0 aromatic heterocycles. The van der Waals surface area contributed by atoms with Gasteiger partial charge in [-0.2, -0.15) is 0 Å². The van der Waals surface area contributed by atoms with Crippen LogP contribution < -0.4 is 4.74 Å². The van der Waals surface area contributed by atoms with Crippen molar-refractivity contribution in [1.29, 1.82) is 0 Å². The topological polar surface area (TPSA) is 105 Å². The summed E-state index contributed by atoms with van der Waals surface area (Å²) >= 11 is 0. The van der Waals surface area contributed by atoms with Gasteiger partial charge >= 0.3 is 17.6 Å². The molecule has 26 heavy (non-hydrogen) atoms. The van der Waals surface area contributed by atoms with E-state index in [0.717, 1.165) is 6.07 Å². The first-order valence-electron chi connectivity index (χ1n) is 7.72. The lowest BCUT2D eigenvalue weighted by molar-refractivity contribution is -0.385. The molecule has 136 valence electrons. The van der Waals surface area contributed by atoms with Gasteiger partial charge in [-0.25, -0.2) is 9.59 Å². The van der Waals surface area contributed by atoms with E-state index in [4.69, 9.17) is 9.47 Å². The van der Waals surface area contributed by atoms with E-state index < -0.39 is 16.9 Å². The summed E-state index contributed by atoms with van der Waals surface area (Å²) in [5.74, 6) is -1.14. The zero-order chi connectivity index (χ0) is 19.1. The van der Waals surface area contributed by atoms with Crippen LogP contribution in [0, 0.1) is 10.1 Å². The Hall–Kier alpha value is -3.42. The van der Waals surface area contributed by atoms with Crippen molar-refractivity contribution in [2.75, 3.05) is 13.7 Å². The molecule has 0 saturated carbocycles. The number of nitro benzene ring substituents is 1. The monoisotopic (exact) mass is 359 g/mol. The van der Waals surface area contributed by atoms with Crippen LogP contribution >= 0.6 is 0 Å². The van der Waals surface area contributed by atoms with Gasteiger partial charge in [0, 0.05) is 6.07 Å². The number of carbonyl (C=O) groups is 2. The number of carbonyl (C=O) groups excluding carboxylic acids is 2. The van der Waals surface area contributed by atoms with Gasteiger partial charge in [-0.05, 0) is 36.8 Å². The van der Waals surface area contributed by atoms with E-state index in [-0.39, 0.29) is 30.2 Å². The number of nitro groups is 1. The zero-order valence-corrected chi connectivity index (χ0v) is 14.3. The highest BCUT2D eigenvalue weighted by atomic mass is 16.6. The fourth-order valence-electron chi connectivity index (χ4n) is 2.20. The number of hydrogen-bond donors (Lipinski definition) is 0. The molecular formula is C18H17NO7. The number of ether oxygens (including phenoxy) is 3. The van der Waals surface area contributed by atoms with Crippen LogP contribution in [0.15, 0.2) is 42.5 Å². The predicted molar refractivity (Wildman–Crippen MR) is 91.2 cm³/mol. The van der Waals surface area contributed by atoms with Crippen molar-refractivity contribution in [2.24, 2.45) is 0 Å². The van der Waals surface area contributed by atoms with Crippen molar-refractivity contribution in [2.45, 2.75) is 13.5 Å². The average molecular weight is 359 g/mol. The first kappa shape index (κ1) is 18.9. The number of hydrogen-bond acceptors (Lipinski definition) is 7. The molecular weight excluding hydrogens is 342 g/mol. The molecule has 0 amide bonds. The molecule has 0 heterocycles. The number of nitrogens with zero attached hydrogens (tertiary/aromatic N) is 1. The maximum absolute atomic E-state index is 12.2. The number of methoxy groups -OCH3 is 1. The number of rotatable bonds is 7. The van der Waals surface area contributed by atoms with Gasteiger partial charge in [0.05, 0.1) is 29.8 Å². The van der Waals surface area contributed by atoms with Crippen molar-refractivity contribution in [3.05, 3.63) is 69.3 Å². The largest absolute Gasteiger partial charge is 0.487 e. The van der Waals surface area contributed by atoms with Gasteiger partial charge in [-0.1, -0.05) is 12.1 Å². The van der Waals surface area contributed by atoms with E-state index in [0.29, 0.717) is 11.1 Å². The van der Waals surface area contributed by atoms with E-state index in [1.54, 1.807) is 31.2 Å². The SMILES string of the molecule is CCOc1ccc(C(=O)OCc2cccc(C(=O)OC)c2)cc1[N+](=O)[O-]. The van der Waals surface area contributed by atoms with Crippen LogP contribution in [0.3, 0.4) is 0 Å². The van der Waals surface area contributed by atoms with Crippen LogP contribution in [-0.4, -0.2) is 30.6 Å². The highest BCUT2D eigenvalue weighted by Crippen LogP contribution is 2.28. The van der Waals surface area contributed by atoms with Gasteiger partial charge in [0.1, 0.15) is 6.61 Å². The van der Waals surface area contributed by atoms with E-state index in [9.17, 15) is 19.7 Å². The Balaban J connectivity index is 2.12. The van der Waals surface area contributed by atoms with Gasteiger partial charge in [0.15, 0.2) is 5.75 Å². The molecule has 0 N–H and O–H groups in total. The van der Waals surface area contributed by atoms with Crippen molar-refractivity contribution in [3.8, 4) is 5.75 Å². The second-order valence-corrected chi connectivity index (χ2v) is 5.14. The molecule has 0 aliphatic rings. The molecule has 0 aliphatic carbocycles. The molecule has 0 atom stereocenters. The second kappa shape index (κ2) is 8.61. The van der Waals surface area contributed by atoms with Crippen LogP contribution in [-0.2, 0) is 16.1 Å². The summed E-state index contributed by atoms with van der Waals surface area (Å²) in [7, 11) is 1.27. The van der Waals surface area contributed by atoms with E-state index >= 15 is 0 Å². The van der Waals surface area contributed by atoms with Gasteiger partial charge in [-0.15, -0.1) is 0 Å². The molecule has 0 bridgehead atoms. The van der Waals surface area contributed by atoms with Crippen LogP contribution in [0.1, 0.15) is 33.2 Å². The molecule has 8 heteroatoms. The van der Waals surface area contributed by atoms with Crippen molar-refractivity contribution in [1.82, 2.24) is 0 Å². The number of esters is 2. The summed E-state index contributed by atoms with van der Waals surface area (Å²) in [5.41, 5.74) is 0.637. The third kappa shape index (κ3) is 4.56. The molecule has 0 spiro atoms. The van der Waals surface area contributed by atoms with Gasteiger partial charge in [0.2, 0.25) is 0 Å². The van der Waals surface area contributed by atoms with Crippen LogP contribution in [0.4, 0.5) is 5.69 Å². The Labute approximate surface area is 149 Å². The van der Waals surface area contributed by atoms with Gasteiger partial charge < -0.3 is 14.2 Å². The zero-order valence-electron chi connectivity index (χ0n) is 14.3. The number of benzene rings is 2. The van der Waals surface area contributed by atoms with E-state index in [1.807, 2.05) is 0 Å². The molecule has 0 unspecified atom stereocenters. The lowest BCUT2D eigenvalue weighted by atomic mass is 10.1. The van der Waals surface area contributed by atoms with Crippen LogP contribution in [0.2, 0.25) is 0 Å². The third-order valence-corrected chi connectivity index (χ3v) is 3.41. The fourth-order valence-corrected chi connectivity index (χ4v) is 2.20. The molecule has 0 fully saturated rings. The third-order valence-electron chi connectivity index (χ3n) is 3.41. The Morgan fingerprint density at radius 3 is 2.46 bits per heavy atom. The maximum Gasteiger partial charge on any atom is 0.338 e. The van der Waals surface area contributed by atoms with Crippen LogP contribution in [0.25, 0.3) is 0 Å². The Bertz CT molecular complexity index is 832. The van der Waals surface area contributed by atoms with E-state index in [2.05, 4.69) is 4.74 Å². The summed E-state index contributed by atoms with van der Waals surface area (Å²) in [5, 5.41) is 11.1. The van der Waals surface area contributed by atoms with Crippen molar-refractivity contribution in [3.63, 3.8) is 0 Å². The Kier molecular flexibility index (Phi) is 6.26. The van der Waals surface area contributed by atoms with E-state index in [1.165, 1.54) is 19.2 Å². The summed E-state index contributed by atoms with van der Waals surface area (Å²) < 4.78 is 15.0. The molecule has 2 aromatic rings. The molecule has 2 rings (SSSR count). The summed E-state index contributed by atoms with van der Waals surface area (Å²) in [6.07, 6.45) is 0. The standard InChI is InChI=1S/C18H17NO7/c1-3-25-16-8-7-14(10-15(16)19(22)23)18(21)26-11-12-5-4-6-13(9-12)17(20)24-2/h4-10H,3,11H2,1-2H3. The predicted octanol–water partition coefficient (Wildman–Crippen LogP) is 3.14. The first-order valence-corrected chi connectivity index (χ1v) is 7.72. The van der Waals surface area contributed by atoms with Crippen molar-refractivity contribution >= 4 is 17.6 Å². The molecule has 0 radical (unpaired) electrons. The highest BCUT2D eigenvalue weighted by molar-refractivity contribution is 5.91.